The Morgan fingerprint density at radius 3 is 1.47 bits per heavy atom. The van der Waals surface area contributed by atoms with Crippen LogP contribution in [0.2, 0.25) is 0 Å². The number of fused-ring (bicyclic) bond motifs is 2. The Morgan fingerprint density at radius 2 is 1.07 bits per heavy atom. The largest absolute Gasteiger partial charge is 0.503 e. The molecule has 0 bridgehead atoms. The number of benzene rings is 2. The monoisotopic (exact) mass is 1820 g/mol. The number of likely N-dealkylation sites (tertiary alicyclic amines) is 1. The normalized spacial score (nSPS) is 15.6. The number of ketones is 2. The second kappa shape index (κ2) is 63.7. The SMILES string of the molecule is CC.CC(C)N1C[C@@H](C)CC2C(=O)c3c(O)c(=O)c(C(=O)CCc4ccc(F)cc4F)cn3CC21.CC(C)NC[C@@H](C)CCC(=O)OC(C)(C)C.CC(C)NC[C@@H](C)CN.COC(=O)[C@@H](C)CCC(=O)OC(C)(C)C.COC(=O)[C@@H](C)CO.C[C@@H](CCC(=O)OC(C)(C)C)CN=[N+]=[N-].Cc1ccc(S(=O)(=O)OC[C@@H](C)CCC(=O)OC(C)(C)C)cc1.ClCCl. The molecule has 5 rings (SSSR count). The summed E-state index contributed by atoms with van der Waals surface area (Å²) in [7, 11) is -1.12. The number of aliphatic hydroxyl groups is 1. The summed E-state index contributed by atoms with van der Waals surface area (Å²) in [5, 5.41) is 29.3. The van der Waals surface area contributed by atoms with Crippen molar-refractivity contribution < 1.29 is 98.4 Å². The number of pyridine rings is 1. The minimum Gasteiger partial charge on any atom is -0.503 e. The first-order valence-electron chi connectivity index (χ1n) is 42.8. The lowest BCUT2D eigenvalue weighted by Gasteiger charge is -2.48. The van der Waals surface area contributed by atoms with Gasteiger partial charge in [-0.2, -0.15) is 8.42 Å². The lowest BCUT2D eigenvalue weighted by Crippen LogP contribution is -2.57. The number of carbonyl (C=O) groups is 8. The Labute approximate surface area is 750 Å². The van der Waals surface area contributed by atoms with Crippen molar-refractivity contribution in [3.05, 3.63) is 103 Å². The number of aryl methyl sites for hydroxylation is 2. The number of hydrogen-bond donors (Lipinski definition) is 5. The second-order valence-electron chi connectivity index (χ2n) is 35.9. The average molecular weight is 1820 g/mol. The van der Waals surface area contributed by atoms with E-state index >= 15 is 0 Å². The van der Waals surface area contributed by atoms with Gasteiger partial charge in [0, 0.05) is 99.0 Å². The number of nitrogens with one attached hydrogen (secondary N) is 2. The minimum atomic E-state index is -3.76. The molecule has 6 N–H and O–H groups in total. The van der Waals surface area contributed by atoms with Gasteiger partial charge in [-0.15, -0.1) is 23.2 Å². The van der Waals surface area contributed by atoms with Gasteiger partial charge in [0.05, 0.1) is 55.1 Å². The molecular weight excluding hydrogens is 1670 g/mol. The number of aliphatic hydroxyl groups excluding tert-OH is 1. The zero-order chi connectivity index (χ0) is 97.0. The number of methoxy groups -OCH3 is 2. The van der Waals surface area contributed by atoms with Crippen LogP contribution >= 0.6 is 23.2 Å². The third kappa shape index (κ3) is 59.0. The minimum absolute atomic E-state index is 0.0183. The van der Waals surface area contributed by atoms with Crippen molar-refractivity contribution in [3.63, 3.8) is 0 Å². The summed E-state index contributed by atoms with van der Waals surface area (Å²) in [6.45, 7) is 58.5. The van der Waals surface area contributed by atoms with Crippen LogP contribution in [0, 0.1) is 65.9 Å². The van der Waals surface area contributed by atoms with Crippen LogP contribution in [0.1, 0.15) is 283 Å². The van der Waals surface area contributed by atoms with Crippen LogP contribution < -0.4 is 21.8 Å². The average Bonchev–Trinajstić information content (AvgIpc) is 0.741. The zero-order valence-corrected chi connectivity index (χ0v) is 82.5. The molecule has 1 saturated heterocycles. The molecule has 1 fully saturated rings. The molecule has 0 spiro atoms. The van der Waals surface area contributed by atoms with Crippen LogP contribution in [0.4, 0.5) is 8.78 Å². The molecule has 9 atom stereocenters. The highest BCUT2D eigenvalue weighted by Gasteiger charge is 2.45. The molecule has 714 valence electrons. The Kier molecular flexibility index (Phi) is 63.2. The molecule has 0 amide bonds. The number of piperidine rings is 1. The topological polar surface area (TPSA) is 400 Å². The maximum Gasteiger partial charge on any atom is 0.310 e. The Bertz CT molecular complexity index is 3840. The summed E-state index contributed by atoms with van der Waals surface area (Å²) in [6.07, 6.45) is 5.75. The highest BCUT2D eigenvalue weighted by Crippen LogP contribution is 2.38. The third-order valence-electron chi connectivity index (χ3n) is 17.8. The van der Waals surface area contributed by atoms with Gasteiger partial charge < -0.3 is 59.6 Å². The third-order valence-corrected chi connectivity index (χ3v) is 19.1. The van der Waals surface area contributed by atoms with E-state index in [1.54, 1.807) is 26.0 Å². The van der Waals surface area contributed by atoms with Crippen LogP contribution in [0.5, 0.6) is 5.75 Å². The first-order chi connectivity index (χ1) is 57.2. The summed E-state index contributed by atoms with van der Waals surface area (Å²) in [6, 6.07) is 10.8. The number of carbonyl (C=O) groups excluding carboxylic acids is 8. The van der Waals surface area contributed by atoms with E-state index in [4.69, 9.17) is 62.7 Å². The van der Waals surface area contributed by atoms with Crippen molar-refractivity contribution in [2.75, 3.05) is 65.5 Å². The summed E-state index contributed by atoms with van der Waals surface area (Å²) < 4.78 is 87.3. The number of esters is 6. The predicted molar refractivity (Wildman–Crippen MR) is 487 cm³/mol. The van der Waals surface area contributed by atoms with Crippen LogP contribution in [0.3, 0.4) is 0 Å². The Balaban J connectivity index is -0.000000704. The maximum absolute atomic E-state index is 13.9. The number of aromatic hydroxyl groups is 1. The summed E-state index contributed by atoms with van der Waals surface area (Å²) in [5.41, 5.74) is 11.7. The molecule has 3 aromatic rings. The molecule has 2 unspecified atom stereocenters. The van der Waals surface area contributed by atoms with Crippen molar-refractivity contribution in [2.45, 2.75) is 323 Å². The van der Waals surface area contributed by atoms with E-state index in [0.717, 1.165) is 50.3 Å². The maximum atomic E-state index is 13.9. The van der Waals surface area contributed by atoms with Gasteiger partial charge in [-0.25, -0.2) is 8.78 Å². The Morgan fingerprint density at radius 1 is 0.645 bits per heavy atom. The molecule has 1 aromatic heterocycles. The number of hydrogen-bond acceptors (Lipinski definition) is 25. The van der Waals surface area contributed by atoms with Crippen LogP contribution in [-0.2, 0) is 84.5 Å². The van der Waals surface area contributed by atoms with E-state index in [1.807, 2.05) is 118 Å². The highest BCUT2D eigenvalue weighted by molar-refractivity contribution is 7.86. The quantitative estimate of drug-likeness (QED) is 0.00552. The first-order valence-corrected chi connectivity index (χ1v) is 45.3. The van der Waals surface area contributed by atoms with E-state index in [2.05, 4.69) is 97.3 Å². The fourth-order valence-electron chi connectivity index (χ4n) is 11.2. The van der Waals surface area contributed by atoms with Crippen LogP contribution in [0.25, 0.3) is 10.4 Å². The fourth-order valence-corrected chi connectivity index (χ4v) is 12.2. The molecule has 3 heterocycles. The van der Waals surface area contributed by atoms with Crippen molar-refractivity contribution in [2.24, 2.45) is 58.2 Å². The van der Waals surface area contributed by atoms with Gasteiger partial charge in [-0.05, 0) is 228 Å². The Hall–Kier alpha value is -7.19. The van der Waals surface area contributed by atoms with Gasteiger partial charge in [0.1, 0.15) is 39.7 Å². The number of azide groups is 1. The molecule has 0 radical (unpaired) electrons. The van der Waals surface area contributed by atoms with Gasteiger partial charge in [-0.1, -0.05) is 112 Å². The predicted octanol–water partition coefficient (Wildman–Crippen LogP) is 17.6. The van der Waals surface area contributed by atoms with E-state index in [-0.39, 0.29) is 155 Å². The van der Waals surface area contributed by atoms with Crippen molar-refractivity contribution in [3.8, 4) is 5.75 Å². The number of aromatic nitrogens is 1. The molecule has 33 heteroatoms. The van der Waals surface area contributed by atoms with Gasteiger partial charge in [0.15, 0.2) is 17.3 Å². The summed E-state index contributed by atoms with van der Waals surface area (Å²) in [5.74, 6) is -3.93. The van der Waals surface area contributed by atoms with E-state index in [0.29, 0.717) is 81.5 Å². The fraction of sp³-hybridized carbons (Fsp3) is 0.725. The molecule has 0 saturated carbocycles. The number of ether oxygens (including phenoxy) is 6. The standard InChI is InChI=1S/C25H28F2N2O4.C17H26O5S.C13H27NO2.C11H20O4.C10H19N3O2.C7H18N2.C5H10O3.C2H6.CH2Cl2/c1-13(2)29-10-14(3)8-17-20(29)12-28-11-18(24(32)25(33)22(28)23(17)31)21(30)7-5-15-4-6-16(26)9-19(15)27;1-13-6-9-15(10-7-13)23(19,20)21-12-14(2)8-11-16(18)22-17(3,4)5;1-10(2)14-9-11(3)7-8-12(15)16-13(4,5)6;1-8(10(13)14-5)6-7-9(12)15-11(2,3)4;1-8(7-12-13-11)5-6-9(14)15-10(2,3)4;1-6(2)9-5-7(3)4-8;1-4(3-6)5(7)8-2;1-2;2-1-3/h4,6,9,11,13-14,17,20,33H,5,7-8,10,12H2,1-3H3;6-7,9-10,14H,8,11-12H2,1-5H3;10-11,14H,7-9H2,1-6H3;8H,6-7H2,1-5H3;8H,5-7H2,1-4H3;6-7,9H,4-5,8H2,1-3H3;4,6H,3H2,1-2H3;1-2H3;1H2/t14-,17?,20?;14-;11-;2*8-;7-;4-;;/m0000000../s1. The number of rotatable bonds is 33. The smallest absolute Gasteiger partial charge is 0.310 e. The molecular formula is C91H156Cl2F2N8O20S. The second-order valence-corrected chi connectivity index (χ2v) is 38.4. The van der Waals surface area contributed by atoms with Crippen LogP contribution in [-0.4, -0.2) is 188 Å². The van der Waals surface area contributed by atoms with Gasteiger partial charge in [-0.3, -0.25) is 52.2 Å². The molecule has 2 aliphatic heterocycles. The lowest BCUT2D eigenvalue weighted by molar-refractivity contribution is -0.157. The highest BCUT2D eigenvalue weighted by atomic mass is 35.5. The van der Waals surface area contributed by atoms with E-state index < -0.39 is 55.5 Å². The number of Topliss-reactive ketones (excluding diaryl/α,β-unsaturated/α-hetero) is 2. The summed E-state index contributed by atoms with van der Waals surface area (Å²) >= 11 is 9.53. The van der Waals surface area contributed by atoms with Crippen LogP contribution in [0.15, 0.2) is 63.5 Å². The number of nitrogens with zero attached hydrogens (tertiary/aromatic N) is 5. The van der Waals surface area contributed by atoms with Crippen molar-refractivity contribution in [1.82, 2.24) is 20.1 Å². The van der Waals surface area contributed by atoms with E-state index in [9.17, 15) is 65.5 Å². The molecule has 124 heavy (non-hydrogen) atoms. The summed E-state index contributed by atoms with van der Waals surface area (Å²) in [4.78, 5) is 111. The van der Waals surface area contributed by atoms with E-state index in [1.165, 1.54) is 43.2 Å². The van der Waals surface area contributed by atoms with Crippen molar-refractivity contribution >= 4 is 80.7 Å². The number of nitrogens with two attached hydrogens (primary N) is 1. The van der Waals surface area contributed by atoms with Gasteiger partial charge in [0.25, 0.3) is 10.1 Å². The lowest BCUT2D eigenvalue weighted by atomic mass is 9.77. The molecule has 2 aromatic carbocycles. The first kappa shape index (κ1) is 123. The molecule has 0 aliphatic carbocycles. The van der Waals surface area contributed by atoms with Gasteiger partial charge in [0.2, 0.25) is 5.43 Å². The molecule has 28 nitrogen and oxygen atoms in total. The molecule has 2 aliphatic rings. The van der Waals surface area contributed by atoms with Gasteiger partial charge >= 0.3 is 35.8 Å². The number of halogens is 4. The number of alkyl halides is 2. The zero-order valence-electron chi connectivity index (χ0n) is 80.2. The van der Waals surface area contributed by atoms with Crippen molar-refractivity contribution in [1.29, 1.82) is 0 Å².